The number of carbonyl (C=O) groups excluding carboxylic acids is 1. The monoisotopic (exact) mass is 300 g/mol. The number of ether oxygens (including phenoxy) is 1. The van der Waals surface area contributed by atoms with Gasteiger partial charge in [0.05, 0.1) is 6.54 Å². The molecule has 1 rings (SSSR count). The average molecular weight is 300 g/mol. The van der Waals surface area contributed by atoms with Crippen LogP contribution < -0.4 is 0 Å². The van der Waals surface area contributed by atoms with E-state index in [1.54, 1.807) is 4.90 Å². The van der Waals surface area contributed by atoms with Gasteiger partial charge >= 0.3 is 12.1 Å². The van der Waals surface area contributed by atoms with E-state index in [2.05, 4.69) is 0 Å². The number of piperidine rings is 1. The lowest BCUT2D eigenvalue weighted by Gasteiger charge is -2.37. The Morgan fingerprint density at radius 1 is 1.33 bits per heavy atom. The predicted molar refractivity (Wildman–Crippen MR) is 80.3 cm³/mol. The molecule has 1 aliphatic rings. The third-order valence-corrected chi connectivity index (χ3v) is 3.55. The van der Waals surface area contributed by atoms with Crippen LogP contribution in [0.25, 0.3) is 0 Å². The number of likely N-dealkylation sites (tertiary alicyclic amines) is 1. The molecule has 0 aromatic carbocycles. The lowest BCUT2D eigenvalue weighted by Crippen LogP contribution is -2.50. The van der Waals surface area contributed by atoms with Crippen LogP contribution in [0.4, 0.5) is 4.79 Å². The van der Waals surface area contributed by atoms with Gasteiger partial charge in [-0.05, 0) is 47.1 Å². The van der Waals surface area contributed by atoms with Crippen LogP contribution in [0.5, 0.6) is 0 Å². The van der Waals surface area contributed by atoms with E-state index in [1.165, 1.54) is 0 Å². The average Bonchev–Trinajstić information content (AvgIpc) is 2.34. The fraction of sp³-hybridized carbons (Fsp3) is 0.867. The maximum Gasteiger partial charge on any atom is 0.410 e. The van der Waals surface area contributed by atoms with Crippen molar-refractivity contribution >= 4 is 12.1 Å². The zero-order chi connectivity index (χ0) is 16.0. The van der Waals surface area contributed by atoms with Crippen LogP contribution in [0, 0.1) is 0 Å². The van der Waals surface area contributed by atoms with Crippen molar-refractivity contribution in [2.45, 2.75) is 58.6 Å². The van der Waals surface area contributed by atoms with Crippen molar-refractivity contribution in [3.05, 3.63) is 0 Å². The lowest BCUT2D eigenvalue weighted by atomic mass is 10.0. The number of amides is 1. The summed E-state index contributed by atoms with van der Waals surface area (Å²) in [4.78, 5) is 26.7. The zero-order valence-corrected chi connectivity index (χ0v) is 13.6. The molecular weight excluding hydrogens is 272 g/mol. The summed E-state index contributed by atoms with van der Waals surface area (Å²) in [6, 6.07) is 0.0994. The number of aliphatic carboxylic acids is 1. The van der Waals surface area contributed by atoms with Crippen LogP contribution in [0.2, 0.25) is 0 Å². The van der Waals surface area contributed by atoms with E-state index in [1.807, 2.05) is 32.6 Å². The van der Waals surface area contributed by atoms with Crippen molar-refractivity contribution in [2.75, 3.05) is 26.2 Å². The molecule has 0 aromatic rings. The molecule has 1 unspecified atom stereocenters. The Balaban J connectivity index is 2.64. The molecule has 0 bridgehead atoms. The molecule has 21 heavy (non-hydrogen) atoms. The zero-order valence-electron chi connectivity index (χ0n) is 13.6. The number of hydrogen-bond donors (Lipinski definition) is 1. The molecular formula is C15H28N2O4. The molecule has 1 atom stereocenters. The standard InChI is InChI=1S/C15H28N2O4/c1-5-16(14(20)21-15(2,3)4)10-12-8-6-7-9-17(12)11-13(18)19/h12H,5-11H2,1-4H3,(H,18,19). The van der Waals surface area contributed by atoms with Crippen molar-refractivity contribution in [1.82, 2.24) is 9.80 Å². The van der Waals surface area contributed by atoms with Crippen molar-refractivity contribution in [1.29, 1.82) is 0 Å². The predicted octanol–water partition coefficient (Wildman–Crippen LogP) is 2.18. The van der Waals surface area contributed by atoms with Crippen molar-refractivity contribution in [2.24, 2.45) is 0 Å². The smallest absolute Gasteiger partial charge is 0.410 e. The van der Waals surface area contributed by atoms with Crippen molar-refractivity contribution in [3.63, 3.8) is 0 Å². The van der Waals surface area contributed by atoms with E-state index in [9.17, 15) is 9.59 Å². The normalized spacial score (nSPS) is 20.1. The first-order valence-corrected chi connectivity index (χ1v) is 7.66. The highest BCUT2D eigenvalue weighted by molar-refractivity contribution is 5.69. The van der Waals surface area contributed by atoms with Gasteiger partial charge in [-0.3, -0.25) is 9.69 Å². The second kappa shape index (κ2) is 7.64. The first kappa shape index (κ1) is 17.8. The van der Waals surface area contributed by atoms with Gasteiger partial charge in [-0.25, -0.2) is 4.79 Å². The number of rotatable bonds is 5. The molecule has 1 fully saturated rings. The molecule has 1 aliphatic heterocycles. The van der Waals surface area contributed by atoms with E-state index in [0.717, 1.165) is 25.8 Å². The highest BCUT2D eigenvalue weighted by Crippen LogP contribution is 2.19. The van der Waals surface area contributed by atoms with Gasteiger partial charge in [0.2, 0.25) is 0 Å². The van der Waals surface area contributed by atoms with Gasteiger partial charge in [0.25, 0.3) is 0 Å². The summed E-state index contributed by atoms with van der Waals surface area (Å²) in [5.41, 5.74) is -0.516. The van der Waals surface area contributed by atoms with Gasteiger partial charge in [-0.15, -0.1) is 0 Å². The van der Waals surface area contributed by atoms with Gasteiger partial charge in [0, 0.05) is 19.1 Å². The van der Waals surface area contributed by atoms with Crippen LogP contribution >= 0.6 is 0 Å². The Bertz CT molecular complexity index is 365. The van der Waals surface area contributed by atoms with Crippen molar-refractivity contribution < 1.29 is 19.4 Å². The highest BCUT2D eigenvalue weighted by atomic mass is 16.6. The van der Waals surface area contributed by atoms with E-state index in [-0.39, 0.29) is 18.7 Å². The highest BCUT2D eigenvalue weighted by Gasteiger charge is 2.29. The van der Waals surface area contributed by atoms with E-state index in [4.69, 9.17) is 9.84 Å². The number of likely N-dealkylation sites (N-methyl/N-ethyl adjacent to an activating group) is 1. The molecule has 0 spiro atoms. The van der Waals surface area contributed by atoms with Gasteiger partial charge in [0.15, 0.2) is 0 Å². The molecule has 0 aromatic heterocycles. The largest absolute Gasteiger partial charge is 0.480 e. The minimum Gasteiger partial charge on any atom is -0.480 e. The van der Waals surface area contributed by atoms with Gasteiger partial charge in [-0.1, -0.05) is 6.42 Å². The Kier molecular flexibility index (Phi) is 6.45. The Morgan fingerprint density at radius 3 is 2.52 bits per heavy atom. The first-order valence-electron chi connectivity index (χ1n) is 7.66. The summed E-state index contributed by atoms with van der Waals surface area (Å²) >= 11 is 0. The molecule has 1 saturated heterocycles. The molecule has 6 nitrogen and oxygen atoms in total. The number of carbonyl (C=O) groups is 2. The molecule has 1 N–H and O–H groups in total. The summed E-state index contributed by atoms with van der Waals surface area (Å²) < 4.78 is 5.40. The molecule has 122 valence electrons. The summed E-state index contributed by atoms with van der Waals surface area (Å²) in [6.45, 7) is 9.35. The van der Waals surface area contributed by atoms with Crippen LogP contribution in [0.1, 0.15) is 47.0 Å². The van der Waals surface area contributed by atoms with E-state index in [0.29, 0.717) is 13.1 Å². The number of carboxylic acids is 1. The second-order valence-corrected chi connectivity index (χ2v) is 6.53. The minimum atomic E-state index is -0.817. The van der Waals surface area contributed by atoms with E-state index < -0.39 is 11.6 Å². The molecule has 0 aliphatic carbocycles. The third kappa shape index (κ3) is 6.33. The summed E-state index contributed by atoms with van der Waals surface area (Å²) in [5, 5.41) is 8.99. The van der Waals surface area contributed by atoms with Gasteiger partial charge in [0.1, 0.15) is 5.60 Å². The molecule has 0 radical (unpaired) electrons. The van der Waals surface area contributed by atoms with Gasteiger partial charge in [-0.2, -0.15) is 0 Å². The molecule has 6 heteroatoms. The van der Waals surface area contributed by atoms with Gasteiger partial charge < -0.3 is 14.7 Å². The number of nitrogens with zero attached hydrogens (tertiary/aromatic N) is 2. The topological polar surface area (TPSA) is 70.1 Å². The number of carboxylic acid groups (broad SMARTS) is 1. The fourth-order valence-corrected chi connectivity index (χ4v) is 2.56. The maximum atomic E-state index is 12.2. The second-order valence-electron chi connectivity index (χ2n) is 6.53. The first-order chi connectivity index (χ1) is 9.73. The minimum absolute atomic E-state index is 0.0382. The van der Waals surface area contributed by atoms with Crippen molar-refractivity contribution in [3.8, 4) is 0 Å². The molecule has 0 saturated carbocycles. The molecule has 1 amide bonds. The SMILES string of the molecule is CCN(CC1CCCCN1CC(=O)O)C(=O)OC(C)(C)C. The Labute approximate surface area is 127 Å². The lowest BCUT2D eigenvalue weighted by molar-refractivity contribution is -0.139. The Hall–Kier alpha value is -1.30. The quantitative estimate of drug-likeness (QED) is 0.842. The van der Waals surface area contributed by atoms with Crippen LogP contribution in [-0.4, -0.2) is 64.8 Å². The summed E-state index contributed by atoms with van der Waals surface area (Å²) in [7, 11) is 0. The third-order valence-electron chi connectivity index (χ3n) is 3.55. The summed E-state index contributed by atoms with van der Waals surface area (Å²) in [6.07, 6.45) is 2.69. The maximum absolute atomic E-state index is 12.2. The molecule has 1 heterocycles. The summed E-state index contributed by atoms with van der Waals surface area (Å²) in [5.74, 6) is -0.817. The van der Waals surface area contributed by atoms with Crippen LogP contribution in [0.15, 0.2) is 0 Å². The Morgan fingerprint density at radius 2 is 2.00 bits per heavy atom. The van der Waals surface area contributed by atoms with Crippen LogP contribution in [0.3, 0.4) is 0 Å². The van der Waals surface area contributed by atoms with Crippen LogP contribution in [-0.2, 0) is 9.53 Å². The van der Waals surface area contributed by atoms with E-state index >= 15 is 0 Å². The fourth-order valence-electron chi connectivity index (χ4n) is 2.56. The number of hydrogen-bond acceptors (Lipinski definition) is 4.